The molecular weight excluding hydrogens is 288 g/mol. The lowest BCUT2D eigenvalue weighted by Crippen LogP contribution is -2.20. The maximum absolute atomic E-state index is 11.2. The first-order chi connectivity index (χ1) is 9.91. The standard InChI is InChI=1S/C14H20N4O2S/c1-3-18-13(8-9-17-18)10-16-11(2)12-4-6-14(7-5-12)21(15,19)20/h4-9,11,16H,3,10H2,1-2H3,(H2,15,19,20). The Balaban J connectivity index is 2.02. The van der Waals surface area contributed by atoms with Crippen molar-refractivity contribution in [1.82, 2.24) is 15.1 Å². The smallest absolute Gasteiger partial charge is 0.238 e. The quantitative estimate of drug-likeness (QED) is 0.844. The molecule has 21 heavy (non-hydrogen) atoms. The molecule has 1 unspecified atom stereocenters. The molecule has 0 aliphatic rings. The van der Waals surface area contributed by atoms with E-state index in [0.717, 1.165) is 17.8 Å². The van der Waals surface area contributed by atoms with Crippen molar-refractivity contribution in [2.24, 2.45) is 5.14 Å². The molecule has 2 rings (SSSR count). The molecule has 3 N–H and O–H groups in total. The van der Waals surface area contributed by atoms with Gasteiger partial charge in [-0.25, -0.2) is 13.6 Å². The van der Waals surface area contributed by atoms with Crippen LogP contribution in [0.25, 0.3) is 0 Å². The van der Waals surface area contributed by atoms with E-state index in [4.69, 9.17) is 5.14 Å². The lowest BCUT2D eigenvalue weighted by atomic mass is 10.1. The zero-order chi connectivity index (χ0) is 15.5. The average molecular weight is 308 g/mol. The molecule has 6 nitrogen and oxygen atoms in total. The zero-order valence-electron chi connectivity index (χ0n) is 12.2. The van der Waals surface area contributed by atoms with E-state index in [-0.39, 0.29) is 10.9 Å². The lowest BCUT2D eigenvalue weighted by Gasteiger charge is -2.15. The van der Waals surface area contributed by atoms with Crippen molar-refractivity contribution in [1.29, 1.82) is 0 Å². The van der Waals surface area contributed by atoms with E-state index in [1.165, 1.54) is 12.1 Å². The Morgan fingerprint density at radius 1 is 1.29 bits per heavy atom. The van der Waals surface area contributed by atoms with Crippen LogP contribution in [0.3, 0.4) is 0 Å². The second-order valence-electron chi connectivity index (χ2n) is 4.85. The fraction of sp³-hybridized carbons (Fsp3) is 0.357. The third-order valence-electron chi connectivity index (χ3n) is 3.40. The molecule has 7 heteroatoms. The second kappa shape index (κ2) is 6.38. The summed E-state index contributed by atoms with van der Waals surface area (Å²) in [4.78, 5) is 0.127. The highest BCUT2D eigenvalue weighted by Crippen LogP contribution is 2.16. The summed E-state index contributed by atoms with van der Waals surface area (Å²) in [5.41, 5.74) is 2.12. The first-order valence-electron chi connectivity index (χ1n) is 6.78. The average Bonchev–Trinajstić information content (AvgIpc) is 2.91. The number of nitrogens with zero attached hydrogens (tertiary/aromatic N) is 2. The highest BCUT2D eigenvalue weighted by atomic mass is 32.2. The van der Waals surface area contributed by atoms with Crippen LogP contribution >= 0.6 is 0 Å². The van der Waals surface area contributed by atoms with E-state index in [0.29, 0.717) is 6.54 Å². The Morgan fingerprint density at radius 3 is 2.52 bits per heavy atom. The van der Waals surface area contributed by atoms with Gasteiger partial charge in [-0.15, -0.1) is 0 Å². The largest absolute Gasteiger partial charge is 0.305 e. The van der Waals surface area contributed by atoms with Crippen LogP contribution < -0.4 is 10.5 Å². The number of primary sulfonamides is 1. The van der Waals surface area contributed by atoms with Crippen LogP contribution in [0.15, 0.2) is 41.4 Å². The molecule has 0 bridgehead atoms. The van der Waals surface area contributed by atoms with E-state index in [1.807, 2.05) is 24.6 Å². The fourth-order valence-electron chi connectivity index (χ4n) is 2.12. The fourth-order valence-corrected chi connectivity index (χ4v) is 2.63. The minimum atomic E-state index is -3.63. The van der Waals surface area contributed by atoms with Gasteiger partial charge in [-0.2, -0.15) is 5.10 Å². The number of hydrogen-bond acceptors (Lipinski definition) is 4. The van der Waals surface area contributed by atoms with Crippen molar-refractivity contribution in [3.8, 4) is 0 Å². The highest BCUT2D eigenvalue weighted by Gasteiger charge is 2.10. The van der Waals surface area contributed by atoms with Crippen LogP contribution in [0.5, 0.6) is 0 Å². The zero-order valence-corrected chi connectivity index (χ0v) is 13.0. The summed E-state index contributed by atoms with van der Waals surface area (Å²) < 4.78 is 24.4. The van der Waals surface area contributed by atoms with Gasteiger partial charge in [0.1, 0.15) is 0 Å². The highest BCUT2D eigenvalue weighted by molar-refractivity contribution is 7.89. The van der Waals surface area contributed by atoms with E-state index in [2.05, 4.69) is 10.4 Å². The van der Waals surface area contributed by atoms with Crippen molar-refractivity contribution >= 4 is 10.0 Å². The van der Waals surface area contributed by atoms with Gasteiger partial charge in [-0.3, -0.25) is 4.68 Å². The number of nitrogens with two attached hydrogens (primary N) is 1. The van der Waals surface area contributed by atoms with Gasteiger partial charge in [-0.05, 0) is 37.6 Å². The molecular formula is C14H20N4O2S. The molecule has 114 valence electrons. The van der Waals surface area contributed by atoms with Crippen LogP contribution in [0, 0.1) is 0 Å². The Morgan fingerprint density at radius 2 is 1.95 bits per heavy atom. The van der Waals surface area contributed by atoms with E-state index in [1.54, 1.807) is 18.3 Å². The summed E-state index contributed by atoms with van der Waals surface area (Å²) in [7, 11) is -3.63. The number of hydrogen-bond donors (Lipinski definition) is 2. The molecule has 0 spiro atoms. The van der Waals surface area contributed by atoms with E-state index < -0.39 is 10.0 Å². The predicted octanol–water partition coefficient (Wildman–Crippen LogP) is 1.40. The molecule has 0 saturated heterocycles. The van der Waals surface area contributed by atoms with Gasteiger partial charge in [0, 0.05) is 25.3 Å². The van der Waals surface area contributed by atoms with Gasteiger partial charge >= 0.3 is 0 Å². The van der Waals surface area contributed by atoms with Gasteiger partial charge in [0.25, 0.3) is 0 Å². The Kier molecular flexibility index (Phi) is 4.76. The van der Waals surface area contributed by atoms with Crippen molar-refractivity contribution in [2.75, 3.05) is 0 Å². The Labute approximate surface area is 125 Å². The summed E-state index contributed by atoms with van der Waals surface area (Å²) >= 11 is 0. The van der Waals surface area contributed by atoms with Crippen LogP contribution in [0.4, 0.5) is 0 Å². The number of aromatic nitrogens is 2. The monoisotopic (exact) mass is 308 g/mol. The molecule has 2 aromatic rings. The normalized spacial score (nSPS) is 13.3. The summed E-state index contributed by atoms with van der Waals surface area (Å²) in [6.07, 6.45) is 1.78. The van der Waals surface area contributed by atoms with Gasteiger partial charge in [-0.1, -0.05) is 12.1 Å². The van der Waals surface area contributed by atoms with Gasteiger partial charge in [0.05, 0.1) is 10.6 Å². The first kappa shape index (κ1) is 15.7. The molecule has 1 atom stereocenters. The number of sulfonamides is 1. The number of rotatable bonds is 6. The third-order valence-corrected chi connectivity index (χ3v) is 4.33. The van der Waals surface area contributed by atoms with Crippen molar-refractivity contribution < 1.29 is 8.42 Å². The van der Waals surface area contributed by atoms with E-state index >= 15 is 0 Å². The molecule has 0 aliphatic carbocycles. The molecule has 0 saturated carbocycles. The van der Waals surface area contributed by atoms with Crippen LogP contribution in [0.1, 0.15) is 31.1 Å². The Bertz CT molecular complexity index is 692. The minimum absolute atomic E-state index is 0.0970. The molecule has 0 fully saturated rings. The molecule has 1 aromatic heterocycles. The Hall–Kier alpha value is -1.70. The van der Waals surface area contributed by atoms with Gasteiger partial charge in [0.2, 0.25) is 10.0 Å². The molecule has 0 aliphatic heterocycles. The minimum Gasteiger partial charge on any atom is -0.305 e. The predicted molar refractivity (Wildman–Crippen MR) is 81.0 cm³/mol. The van der Waals surface area contributed by atoms with Crippen LogP contribution in [-0.4, -0.2) is 18.2 Å². The van der Waals surface area contributed by atoms with Crippen LogP contribution in [0.2, 0.25) is 0 Å². The maximum Gasteiger partial charge on any atom is 0.238 e. The van der Waals surface area contributed by atoms with Crippen molar-refractivity contribution in [2.45, 2.75) is 37.9 Å². The van der Waals surface area contributed by atoms with Crippen molar-refractivity contribution in [3.63, 3.8) is 0 Å². The summed E-state index contributed by atoms with van der Waals surface area (Å²) in [6, 6.07) is 8.68. The number of benzene rings is 1. The SMILES string of the molecule is CCn1nccc1CNC(C)c1ccc(S(N)(=O)=O)cc1. The first-order valence-corrected chi connectivity index (χ1v) is 8.33. The molecule has 1 aromatic carbocycles. The number of nitrogens with one attached hydrogen (secondary N) is 1. The van der Waals surface area contributed by atoms with Gasteiger partial charge in [0.15, 0.2) is 0 Å². The summed E-state index contributed by atoms with van der Waals surface area (Å²) in [5, 5.41) is 12.7. The second-order valence-corrected chi connectivity index (χ2v) is 6.42. The lowest BCUT2D eigenvalue weighted by molar-refractivity contribution is 0.531. The summed E-state index contributed by atoms with van der Waals surface area (Å²) in [6.45, 7) is 5.61. The molecule has 0 radical (unpaired) electrons. The van der Waals surface area contributed by atoms with Crippen LogP contribution in [-0.2, 0) is 23.1 Å². The third kappa shape index (κ3) is 3.90. The van der Waals surface area contributed by atoms with Gasteiger partial charge < -0.3 is 5.32 Å². The summed E-state index contributed by atoms with van der Waals surface area (Å²) in [5.74, 6) is 0. The van der Waals surface area contributed by atoms with Crippen molar-refractivity contribution in [3.05, 3.63) is 47.8 Å². The number of aryl methyl sites for hydroxylation is 1. The maximum atomic E-state index is 11.2. The topological polar surface area (TPSA) is 90.0 Å². The molecule has 1 heterocycles. The molecule has 0 amide bonds. The van der Waals surface area contributed by atoms with E-state index in [9.17, 15) is 8.42 Å².